The number of aromatic nitrogens is 4. The Labute approximate surface area is 155 Å². The Morgan fingerprint density at radius 2 is 1.96 bits per heavy atom. The zero-order chi connectivity index (χ0) is 20.8. The smallest absolute Gasteiger partial charge is 0.348 e. The van der Waals surface area contributed by atoms with Crippen LogP contribution in [-0.4, -0.2) is 33.8 Å². The van der Waals surface area contributed by atoms with Crippen molar-refractivity contribution in [3.8, 4) is 0 Å². The molecule has 0 fully saturated rings. The van der Waals surface area contributed by atoms with Crippen molar-refractivity contribution in [3.05, 3.63) is 51.2 Å². The second kappa shape index (κ2) is 6.88. The minimum absolute atomic E-state index is 0.0490. The number of hydrogen-bond donors (Lipinski definition) is 1. The van der Waals surface area contributed by atoms with E-state index in [4.69, 9.17) is 0 Å². The molecule has 0 aliphatic heterocycles. The lowest BCUT2D eigenvalue weighted by Gasteiger charge is -2.16. The van der Waals surface area contributed by atoms with Crippen molar-refractivity contribution in [1.82, 2.24) is 19.7 Å². The van der Waals surface area contributed by atoms with E-state index >= 15 is 0 Å². The lowest BCUT2D eigenvalue weighted by atomic mass is 10.1. The summed E-state index contributed by atoms with van der Waals surface area (Å²) < 4.78 is 66.9. The molecule has 0 bridgehead atoms. The van der Waals surface area contributed by atoms with Gasteiger partial charge in [0.25, 0.3) is 5.56 Å². The summed E-state index contributed by atoms with van der Waals surface area (Å²) in [5, 5.41) is 3.98. The molecule has 0 unspecified atom stereocenters. The number of hydrogen-bond acceptors (Lipinski definition) is 4. The first-order valence-electron chi connectivity index (χ1n) is 8.16. The van der Waals surface area contributed by atoms with Gasteiger partial charge in [-0.1, -0.05) is 6.07 Å². The van der Waals surface area contributed by atoms with Gasteiger partial charge in [-0.3, -0.25) is 9.78 Å². The molecule has 28 heavy (non-hydrogen) atoms. The summed E-state index contributed by atoms with van der Waals surface area (Å²) in [5.41, 5.74) is -1.93. The van der Waals surface area contributed by atoms with Gasteiger partial charge in [0, 0.05) is 14.1 Å². The number of rotatable bonds is 4. The maximum atomic E-state index is 14.0. The molecule has 11 heteroatoms. The number of nitrogens with zero attached hydrogens (tertiary/aromatic N) is 4. The Morgan fingerprint density at radius 3 is 2.50 bits per heavy atom. The number of fused-ring (bicyclic) bond motifs is 1. The first kappa shape index (κ1) is 19.8. The molecule has 0 aliphatic carbocycles. The van der Waals surface area contributed by atoms with Crippen LogP contribution in [0.25, 0.3) is 11.0 Å². The second-order valence-electron chi connectivity index (χ2n) is 6.42. The van der Waals surface area contributed by atoms with Crippen molar-refractivity contribution in [3.63, 3.8) is 0 Å². The van der Waals surface area contributed by atoms with Crippen LogP contribution < -0.4 is 10.5 Å². The third-order valence-corrected chi connectivity index (χ3v) is 4.32. The molecule has 0 saturated heterocycles. The largest absolute Gasteiger partial charge is 0.419 e. The molecule has 1 atom stereocenters. The maximum absolute atomic E-state index is 14.0. The second-order valence-corrected chi connectivity index (χ2v) is 6.42. The summed E-state index contributed by atoms with van der Waals surface area (Å²) in [6.07, 6.45) is -4.82. The van der Waals surface area contributed by atoms with Crippen molar-refractivity contribution < 1.29 is 22.0 Å². The van der Waals surface area contributed by atoms with E-state index in [0.29, 0.717) is 6.07 Å². The highest BCUT2D eigenvalue weighted by molar-refractivity contribution is 5.78. The number of H-pyrrole nitrogens is 1. The van der Waals surface area contributed by atoms with Gasteiger partial charge in [0.2, 0.25) is 5.95 Å². The Morgan fingerprint density at radius 1 is 1.29 bits per heavy atom. The van der Waals surface area contributed by atoms with Gasteiger partial charge in [-0.05, 0) is 24.6 Å². The van der Waals surface area contributed by atoms with Gasteiger partial charge in [0.1, 0.15) is 23.6 Å². The van der Waals surface area contributed by atoms with Crippen LogP contribution in [0.2, 0.25) is 0 Å². The van der Waals surface area contributed by atoms with Gasteiger partial charge in [-0.15, -0.1) is 0 Å². The maximum Gasteiger partial charge on any atom is 0.419 e. The molecular weight excluding hydrogens is 385 g/mol. The van der Waals surface area contributed by atoms with E-state index in [9.17, 15) is 26.7 Å². The Hall–Kier alpha value is -2.98. The van der Waals surface area contributed by atoms with Crippen LogP contribution >= 0.6 is 0 Å². The summed E-state index contributed by atoms with van der Waals surface area (Å²) in [6, 6.07) is 1.69. The van der Waals surface area contributed by atoms with Crippen LogP contribution in [0.1, 0.15) is 29.8 Å². The molecule has 6 nitrogen and oxygen atoms in total. The van der Waals surface area contributed by atoms with Crippen molar-refractivity contribution >= 4 is 17.0 Å². The summed E-state index contributed by atoms with van der Waals surface area (Å²) in [6.45, 7) is 0.498. The fraction of sp³-hybridized carbons (Fsp3) is 0.353. The summed E-state index contributed by atoms with van der Waals surface area (Å²) in [4.78, 5) is 20.6. The average molecular weight is 401 g/mol. The normalized spacial score (nSPS) is 13.1. The van der Waals surface area contributed by atoms with Gasteiger partial charge < -0.3 is 4.90 Å². The molecule has 150 valence electrons. The number of nitrogens with one attached hydrogen (secondary N) is 1. The van der Waals surface area contributed by atoms with Crippen LogP contribution in [-0.2, 0) is 12.9 Å². The molecule has 0 radical (unpaired) electrons. The van der Waals surface area contributed by atoms with Crippen molar-refractivity contribution in [2.45, 2.75) is 25.8 Å². The first-order valence-corrected chi connectivity index (χ1v) is 8.16. The quantitative estimate of drug-likeness (QED) is 0.681. The molecule has 3 rings (SSSR count). The van der Waals surface area contributed by atoms with Crippen molar-refractivity contribution in [1.29, 1.82) is 0 Å². The molecular formula is C17H16F5N5O. The lowest BCUT2D eigenvalue weighted by molar-refractivity contribution is -0.140. The first-order chi connectivity index (χ1) is 13.0. The molecule has 1 N–H and O–H groups in total. The molecule has 0 saturated carbocycles. The number of aromatic amines is 1. The zero-order valence-corrected chi connectivity index (χ0v) is 15.1. The van der Waals surface area contributed by atoms with E-state index < -0.39 is 35.8 Å². The van der Waals surface area contributed by atoms with E-state index in [1.807, 2.05) is 0 Å². The van der Waals surface area contributed by atoms with Gasteiger partial charge in [0.05, 0.1) is 11.6 Å². The summed E-state index contributed by atoms with van der Waals surface area (Å²) in [7, 11) is 3.27. The highest BCUT2D eigenvalue weighted by atomic mass is 19.4. The minimum Gasteiger partial charge on any atom is -0.348 e. The minimum atomic E-state index is -4.82. The van der Waals surface area contributed by atoms with Crippen LogP contribution in [0.4, 0.5) is 27.9 Å². The summed E-state index contributed by atoms with van der Waals surface area (Å²) >= 11 is 0. The highest BCUT2D eigenvalue weighted by Crippen LogP contribution is 2.33. The molecule has 0 spiro atoms. The predicted octanol–water partition coefficient (Wildman–Crippen LogP) is 3.42. The fourth-order valence-corrected chi connectivity index (χ4v) is 2.84. The van der Waals surface area contributed by atoms with Gasteiger partial charge >= 0.3 is 6.18 Å². The zero-order valence-electron chi connectivity index (χ0n) is 15.1. The third kappa shape index (κ3) is 3.32. The van der Waals surface area contributed by atoms with Crippen molar-refractivity contribution in [2.75, 3.05) is 19.0 Å². The third-order valence-electron chi connectivity index (χ3n) is 4.32. The van der Waals surface area contributed by atoms with E-state index in [1.165, 1.54) is 16.5 Å². The summed E-state index contributed by atoms with van der Waals surface area (Å²) in [5.74, 6) is -1.24. The lowest BCUT2D eigenvalue weighted by Crippen LogP contribution is -2.20. The highest BCUT2D eigenvalue weighted by Gasteiger charge is 2.34. The fourth-order valence-electron chi connectivity index (χ4n) is 2.84. The van der Waals surface area contributed by atoms with E-state index in [-0.39, 0.29) is 28.2 Å². The molecule has 0 aliphatic rings. The van der Waals surface area contributed by atoms with Crippen LogP contribution in [0.3, 0.4) is 0 Å². The predicted molar refractivity (Wildman–Crippen MR) is 92.5 cm³/mol. The molecule has 0 amide bonds. The van der Waals surface area contributed by atoms with Crippen LogP contribution in [0.15, 0.2) is 23.0 Å². The topological polar surface area (TPSA) is 66.8 Å². The Kier molecular flexibility index (Phi) is 4.86. The van der Waals surface area contributed by atoms with E-state index in [1.54, 1.807) is 14.1 Å². The van der Waals surface area contributed by atoms with E-state index in [0.717, 1.165) is 12.1 Å². The van der Waals surface area contributed by atoms with Crippen molar-refractivity contribution in [2.24, 2.45) is 0 Å². The number of anilines is 1. The standard InChI is InChI=1S/C17H16F5N5O/c1-8(9-4-5-10(11(19)6-9)17(20,21)22)27-14-13(12(7-18)25-27)15(28)24-16(23-14)26(2)3/h4-6,8H,7H2,1-3H3,(H,23,24,28)/t8-/m0/s1. The molecule has 2 heterocycles. The Balaban J connectivity index is 2.18. The monoisotopic (exact) mass is 401 g/mol. The molecule has 3 aromatic rings. The molecule has 1 aromatic carbocycles. The number of alkyl halides is 4. The van der Waals surface area contributed by atoms with E-state index in [2.05, 4.69) is 15.1 Å². The average Bonchev–Trinajstić information content (AvgIpc) is 2.99. The molecule has 2 aromatic heterocycles. The van der Waals surface area contributed by atoms with Crippen LogP contribution in [0.5, 0.6) is 0 Å². The number of benzene rings is 1. The van der Waals surface area contributed by atoms with Gasteiger partial charge in [-0.25, -0.2) is 13.5 Å². The van der Waals surface area contributed by atoms with Gasteiger partial charge in [-0.2, -0.15) is 23.3 Å². The van der Waals surface area contributed by atoms with Gasteiger partial charge in [0.15, 0.2) is 5.65 Å². The SMILES string of the molecule is C[C@@H](c1ccc(C(F)(F)F)c(F)c1)n1nc(CF)c2c(=O)[nH]c(N(C)C)nc21. The number of halogens is 5. The Bertz CT molecular complexity index is 1090. The van der Waals surface area contributed by atoms with Crippen LogP contribution in [0, 0.1) is 5.82 Å².